The summed E-state index contributed by atoms with van der Waals surface area (Å²) in [5.41, 5.74) is 0.975. The summed E-state index contributed by atoms with van der Waals surface area (Å²) in [7, 11) is -1.34. The topological polar surface area (TPSA) is 43.1 Å². The average Bonchev–Trinajstić information content (AvgIpc) is 1.88. The molecule has 0 unspecified atom stereocenters. The number of aryl methyl sites for hydroxylation is 1. The van der Waals surface area contributed by atoms with Gasteiger partial charge in [-0.05, 0) is 18.6 Å². The van der Waals surface area contributed by atoms with Crippen molar-refractivity contribution < 1.29 is 4.21 Å². The third-order valence-electron chi connectivity index (χ3n) is 1.31. The maximum Gasteiger partial charge on any atom is 0.122 e. The predicted octanol–water partition coefficient (Wildman–Crippen LogP) is 0.976. The molecule has 0 spiro atoms. The molecule has 0 aliphatic heterocycles. The Labute approximate surface area is 62.6 Å². The van der Waals surface area contributed by atoms with Crippen LogP contribution >= 0.6 is 0 Å². The Hall–Kier alpha value is -0.670. The van der Waals surface area contributed by atoms with E-state index in [2.05, 4.69) is 0 Å². The first-order valence-electron chi connectivity index (χ1n) is 2.93. The molecule has 2 nitrogen and oxygen atoms in total. The first kappa shape index (κ1) is 7.44. The molecule has 0 amide bonds. The van der Waals surface area contributed by atoms with Crippen molar-refractivity contribution in [1.82, 2.24) is 0 Å². The van der Waals surface area contributed by atoms with E-state index in [9.17, 15) is 4.21 Å². The summed E-state index contributed by atoms with van der Waals surface area (Å²) in [6, 6.07) is 7.38. The highest BCUT2D eigenvalue weighted by molar-refractivity contribution is 7.82. The Morgan fingerprint density at radius 1 is 1.40 bits per heavy atom. The SMILES string of the molecule is Cc1ccccc1[S@@](N)=O. The van der Waals surface area contributed by atoms with Gasteiger partial charge in [0.25, 0.3) is 0 Å². The van der Waals surface area contributed by atoms with E-state index in [1.54, 1.807) is 6.07 Å². The maximum absolute atomic E-state index is 10.8. The first-order chi connectivity index (χ1) is 4.72. The largest absolute Gasteiger partial charge is 0.248 e. The van der Waals surface area contributed by atoms with Crippen molar-refractivity contribution in [2.24, 2.45) is 5.14 Å². The Kier molecular flexibility index (Phi) is 2.19. The van der Waals surface area contributed by atoms with Gasteiger partial charge in [-0.2, -0.15) is 0 Å². The van der Waals surface area contributed by atoms with Gasteiger partial charge in [-0.15, -0.1) is 0 Å². The molecule has 0 heterocycles. The molecule has 1 aromatic rings. The van der Waals surface area contributed by atoms with Crippen molar-refractivity contribution in [1.29, 1.82) is 0 Å². The van der Waals surface area contributed by atoms with Crippen LogP contribution < -0.4 is 5.14 Å². The number of benzene rings is 1. The molecule has 0 saturated carbocycles. The Morgan fingerprint density at radius 3 is 2.40 bits per heavy atom. The molecule has 1 aromatic carbocycles. The quantitative estimate of drug-likeness (QED) is 0.645. The summed E-state index contributed by atoms with van der Waals surface area (Å²) >= 11 is 0. The number of hydrogen-bond donors (Lipinski definition) is 1. The van der Waals surface area contributed by atoms with Crippen molar-refractivity contribution in [3.8, 4) is 0 Å². The highest BCUT2D eigenvalue weighted by Gasteiger charge is 1.98. The van der Waals surface area contributed by atoms with Crippen LogP contribution in [0.15, 0.2) is 29.2 Å². The van der Waals surface area contributed by atoms with Gasteiger partial charge in [0, 0.05) is 0 Å². The van der Waals surface area contributed by atoms with Gasteiger partial charge in [-0.1, -0.05) is 18.2 Å². The normalized spacial score (nSPS) is 13.0. The minimum absolute atomic E-state index is 0.711. The second-order valence-corrected chi connectivity index (χ2v) is 3.10. The average molecular weight is 155 g/mol. The minimum atomic E-state index is -1.34. The van der Waals surface area contributed by atoms with E-state index < -0.39 is 11.0 Å². The van der Waals surface area contributed by atoms with E-state index in [4.69, 9.17) is 5.14 Å². The van der Waals surface area contributed by atoms with Gasteiger partial charge in [0.1, 0.15) is 11.0 Å². The minimum Gasteiger partial charge on any atom is -0.248 e. The van der Waals surface area contributed by atoms with Crippen molar-refractivity contribution in [2.45, 2.75) is 11.8 Å². The van der Waals surface area contributed by atoms with Gasteiger partial charge >= 0.3 is 0 Å². The standard InChI is InChI=1S/C7H9NOS/c1-6-4-2-3-5-7(6)10(8)9/h2-5H,8H2,1H3/t10-/m0/s1. The first-order valence-corrected chi connectivity index (χ1v) is 4.15. The lowest BCUT2D eigenvalue weighted by Crippen LogP contribution is -2.03. The van der Waals surface area contributed by atoms with E-state index in [1.165, 1.54) is 0 Å². The molecule has 2 N–H and O–H groups in total. The molecule has 0 radical (unpaired) electrons. The van der Waals surface area contributed by atoms with Gasteiger partial charge in [0.15, 0.2) is 0 Å². The summed E-state index contributed by atoms with van der Waals surface area (Å²) in [6.45, 7) is 1.89. The second kappa shape index (κ2) is 2.94. The molecule has 0 aromatic heterocycles. The molecule has 0 saturated heterocycles. The van der Waals surface area contributed by atoms with Crippen molar-refractivity contribution in [3.63, 3.8) is 0 Å². The molecule has 1 atom stereocenters. The zero-order valence-electron chi connectivity index (χ0n) is 5.70. The summed E-state index contributed by atoms with van der Waals surface area (Å²) in [5, 5.41) is 5.19. The van der Waals surface area contributed by atoms with Crippen LogP contribution in [0.1, 0.15) is 5.56 Å². The van der Waals surface area contributed by atoms with Crippen LogP contribution in [0.2, 0.25) is 0 Å². The summed E-state index contributed by atoms with van der Waals surface area (Å²) in [4.78, 5) is 0.711. The molecule has 1 rings (SSSR count). The van der Waals surface area contributed by atoms with Crippen LogP contribution in [0.5, 0.6) is 0 Å². The van der Waals surface area contributed by atoms with E-state index >= 15 is 0 Å². The zero-order chi connectivity index (χ0) is 7.56. The van der Waals surface area contributed by atoms with Crippen molar-refractivity contribution in [3.05, 3.63) is 29.8 Å². The molecule has 0 aliphatic rings. The van der Waals surface area contributed by atoms with E-state index in [0.717, 1.165) is 5.56 Å². The fourth-order valence-corrected chi connectivity index (χ4v) is 1.38. The summed E-state index contributed by atoms with van der Waals surface area (Å²) in [6.07, 6.45) is 0. The highest BCUT2D eigenvalue weighted by Crippen LogP contribution is 2.08. The van der Waals surface area contributed by atoms with Crippen molar-refractivity contribution in [2.75, 3.05) is 0 Å². The van der Waals surface area contributed by atoms with Crippen molar-refractivity contribution >= 4 is 11.0 Å². The Morgan fingerprint density at radius 2 is 2.00 bits per heavy atom. The number of hydrogen-bond acceptors (Lipinski definition) is 1. The van der Waals surface area contributed by atoms with Crippen LogP contribution in [-0.4, -0.2) is 4.21 Å². The van der Waals surface area contributed by atoms with E-state index in [0.29, 0.717) is 4.90 Å². The summed E-state index contributed by atoms with van der Waals surface area (Å²) in [5.74, 6) is 0. The second-order valence-electron chi connectivity index (χ2n) is 2.06. The van der Waals surface area contributed by atoms with Gasteiger partial charge in [-0.3, -0.25) is 0 Å². The number of rotatable bonds is 1. The molecular weight excluding hydrogens is 146 g/mol. The molecule has 0 fully saturated rings. The van der Waals surface area contributed by atoms with Crippen LogP contribution in [0.25, 0.3) is 0 Å². The Balaban J connectivity index is 3.15. The van der Waals surface area contributed by atoms with Crippen LogP contribution in [0.4, 0.5) is 0 Å². The fraction of sp³-hybridized carbons (Fsp3) is 0.143. The van der Waals surface area contributed by atoms with Gasteiger partial charge in [0.2, 0.25) is 0 Å². The van der Waals surface area contributed by atoms with E-state index in [-0.39, 0.29) is 0 Å². The van der Waals surface area contributed by atoms with Gasteiger partial charge in [-0.25, -0.2) is 9.35 Å². The lowest BCUT2D eigenvalue weighted by molar-refractivity contribution is 0.684. The zero-order valence-corrected chi connectivity index (χ0v) is 6.52. The number of nitrogens with two attached hydrogens (primary N) is 1. The molecular formula is C7H9NOS. The highest BCUT2D eigenvalue weighted by atomic mass is 32.2. The van der Waals surface area contributed by atoms with Crippen LogP contribution in [0, 0.1) is 6.92 Å². The summed E-state index contributed by atoms with van der Waals surface area (Å²) < 4.78 is 10.8. The maximum atomic E-state index is 10.8. The third-order valence-corrected chi connectivity index (χ3v) is 2.20. The lowest BCUT2D eigenvalue weighted by atomic mass is 10.2. The van der Waals surface area contributed by atoms with Crippen LogP contribution in [0.3, 0.4) is 0 Å². The fourth-order valence-electron chi connectivity index (χ4n) is 0.782. The molecule has 10 heavy (non-hydrogen) atoms. The predicted molar refractivity (Wildman–Crippen MR) is 41.8 cm³/mol. The monoisotopic (exact) mass is 155 g/mol. The molecule has 3 heteroatoms. The smallest absolute Gasteiger partial charge is 0.122 e. The lowest BCUT2D eigenvalue weighted by Gasteiger charge is -1.98. The molecule has 0 aliphatic carbocycles. The van der Waals surface area contributed by atoms with Gasteiger partial charge < -0.3 is 0 Å². The molecule has 54 valence electrons. The third kappa shape index (κ3) is 1.43. The van der Waals surface area contributed by atoms with E-state index in [1.807, 2.05) is 25.1 Å². The Bertz CT molecular complexity index is 260. The molecule has 0 bridgehead atoms. The van der Waals surface area contributed by atoms with Gasteiger partial charge in [0.05, 0.1) is 4.90 Å². The van der Waals surface area contributed by atoms with Crippen LogP contribution in [-0.2, 0) is 11.0 Å².